The fourth-order valence-electron chi connectivity index (χ4n) is 4.00. The van der Waals surface area contributed by atoms with Gasteiger partial charge in [0.15, 0.2) is 0 Å². The zero-order valence-electron chi connectivity index (χ0n) is 8.85. The van der Waals surface area contributed by atoms with Crippen LogP contribution in [0.1, 0.15) is 25.7 Å². The molecule has 4 heteroatoms. The highest BCUT2D eigenvalue weighted by molar-refractivity contribution is 5.77. The van der Waals surface area contributed by atoms with Gasteiger partial charge in [-0.1, -0.05) is 11.1 Å². The van der Waals surface area contributed by atoms with Gasteiger partial charge in [-0.05, 0) is 37.5 Å². The van der Waals surface area contributed by atoms with Crippen LogP contribution >= 0.6 is 0 Å². The molecule has 0 aromatic carbocycles. The maximum absolute atomic E-state index is 11.1. The number of carbonyl (C=O) groups is 2. The fourth-order valence-corrected chi connectivity index (χ4v) is 4.00. The molecule has 0 spiro atoms. The van der Waals surface area contributed by atoms with E-state index >= 15 is 0 Å². The standard InChI is InChI=1S/C12H14O4/c13-11(14)7-2-1-6-8-3-5(10(6)7)4-9(8)12(15)16/h5,7,9-10H,1-4H2,(H,13,14)(H,15,16). The number of fused-ring (bicyclic) bond motifs is 4. The lowest BCUT2D eigenvalue weighted by Gasteiger charge is -2.24. The molecule has 3 aliphatic rings. The quantitative estimate of drug-likeness (QED) is 0.694. The van der Waals surface area contributed by atoms with E-state index in [1.165, 1.54) is 5.57 Å². The maximum atomic E-state index is 11.1. The summed E-state index contributed by atoms with van der Waals surface area (Å²) in [6, 6.07) is 0. The largest absolute Gasteiger partial charge is 0.481 e. The number of aliphatic carboxylic acids is 2. The Bertz CT molecular complexity index is 409. The lowest BCUT2D eigenvalue weighted by Crippen LogP contribution is -2.26. The Morgan fingerprint density at radius 2 is 1.88 bits per heavy atom. The van der Waals surface area contributed by atoms with Gasteiger partial charge in [0.05, 0.1) is 11.8 Å². The van der Waals surface area contributed by atoms with E-state index in [2.05, 4.69) is 0 Å². The van der Waals surface area contributed by atoms with Gasteiger partial charge in [0.2, 0.25) is 0 Å². The Balaban J connectivity index is 1.96. The predicted molar refractivity (Wildman–Crippen MR) is 54.7 cm³/mol. The molecule has 86 valence electrons. The van der Waals surface area contributed by atoms with E-state index in [-0.39, 0.29) is 23.7 Å². The highest BCUT2D eigenvalue weighted by Gasteiger charge is 2.53. The van der Waals surface area contributed by atoms with Crippen LogP contribution in [-0.2, 0) is 9.59 Å². The highest BCUT2D eigenvalue weighted by atomic mass is 16.4. The SMILES string of the molecule is O=C(O)C1CC2CC1=C1CCC(C(=O)O)C12. The molecule has 0 heterocycles. The van der Waals surface area contributed by atoms with Crippen LogP contribution in [0, 0.1) is 23.7 Å². The molecule has 0 aromatic heterocycles. The molecule has 4 unspecified atom stereocenters. The summed E-state index contributed by atoms with van der Waals surface area (Å²) in [6.45, 7) is 0. The second-order valence-corrected chi connectivity index (χ2v) is 5.15. The van der Waals surface area contributed by atoms with Crippen LogP contribution in [0.4, 0.5) is 0 Å². The lowest BCUT2D eigenvalue weighted by molar-refractivity contribution is -0.143. The van der Waals surface area contributed by atoms with Crippen molar-refractivity contribution in [2.45, 2.75) is 25.7 Å². The van der Waals surface area contributed by atoms with E-state index in [4.69, 9.17) is 10.2 Å². The third kappa shape index (κ3) is 1.10. The molecule has 3 aliphatic carbocycles. The summed E-state index contributed by atoms with van der Waals surface area (Å²) in [7, 11) is 0. The fraction of sp³-hybridized carbons (Fsp3) is 0.667. The number of carboxylic acids is 2. The van der Waals surface area contributed by atoms with Crippen molar-refractivity contribution in [2.24, 2.45) is 23.7 Å². The smallest absolute Gasteiger partial charge is 0.310 e. The van der Waals surface area contributed by atoms with Crippen molar-refractivity contribution in [2.75, 3.05) is 0 Å². The van der Waals surface area contributed by atoms with Crippen molar-refractivity contribution in [1.29, 1.82) is 0 Å². The molecule has 2 N–H and O–H groups in total. The van der Waals surface area contributed by atoms with Crippen molar-refractivity contribution >= 4 is 11.9 Å². The van der Waals surface area contributed by atoms with E-state index in [9.17, 15) is 9.59 Å². The van der Waals surface area contributed by atoms with Crippen molar-refractivity contribution in [3.05, 3.63) is 11.1 Å². The molecule has 0 aliphatic heterocycles. The number of rotatable bonds is 2. The Kier molecular flexibility index (Phi) is 1.91. The Morgan fingerprint density at radius 3 is 2.50 bits per heavy atom. The minimum absolute atomic E-state index is 0.156. The molecule has 0 aromatic rings. The summed E-state index contributed by atoms with van der Waals surface area (Å²) in [6.07, 6.45) is 2.99. The maximum Gasteiger partial charge on any atom is 0.310 e. The lowest BCUT2D eigenvalue weighted by atomic mass is 9.79. The van der Waals surface area contributed by atoms with Gasteiger partial charge >= 0.3 is 11.9 Å². The molecule has 2 saturated carbocycles. The highest BCUT2D eigenvalue weighted by Crippen LogP contribution is 2.59. The zero-order chi connectivity index (χ0) is 11.4. The Labute approximate surface area is 93.0 Å². The molecule has 0 radical (unpaired) electrons. The molecule has 3 rings (SSSR count). The molecular weight excluding hydrogens is 208 g/mol. The van der Waals surface area contributed by atoms with E-state index in [1.54, 1.807) is 0 Å². The van der Waals surface area contributed by atoms with Gasteiger partial charge in [-0.3, -0.25) is 9.59 Å². The average Bonchev–Trinajstić information content (AvgIpc) is 2.87. The van der Waals surface area contributed by atoms with Crippen LogP contribution in [0.25, 0.3) is 0 Å². The van der Waals surface area contributed by atoms with Crippen molar-refractivity contribution in [3.8, 4) is 0 Å². The second kappa shape index (κ2) is 3.09. The second-order valence-electron chi connectivity index (χ2n) is 5.15. The molecule has 0 amide bonds. The summed E-state index contributed by atoms with van der Waals surface area (Å²) >= 11 is 0. The van der Waals surface area contributed by atoms with Crippen LogP contribution in [0.5, 0.6) is 0 Å². The Hall–Kier alpha value is -1.32. The van der Waals surface area contributed by atoms with Crippen molar-refractivity contribution in [3.63, 3.8) is 0 Å². The van der Waals surface area contributed by atoms with Gasteiger partial charge in [0, 0.05) is 0 Å². The van der Waals surface area contributed by atoms with Crippen LogP contribution in [0.3, 0.4) is 0 Å². The van der Waals surface area contributed by atoms with E-state index in [0.717, 1.165) is 18.4 Å². The molecule has 0 saturated heterocycles. The summed E-state index contributed by atoms with van der Waals surface area (Å²) in [5, 5.41) is 18.2. The van der Waals surface area contributed by atoms with Crippen LogP contribution in [0.2, 0.25) is 0 Å². The number of allylic oxidation sites excluding steroid dienone is 1. The number of hydrogen-bond acceptors (Lipinski definition) is 2. The van der Waals surface area contributed by atoms with Crippen molar-refractivity contribution in [1.82, 2.24) is 0 Å². The molecule has 16 heavy (non-hydrogen) atoms. The van der Waals surface area contributed by atoms with Gasteiger partial charge in [-0.2, -0.15) is 0 Å². The van der Waals surface area contributed by atoms with Gasteiger partial charge in [0.25, 0.3) is 0 Å². The average molecular weight is 222 g/mol. The Morgan fingerprint density at radius 1 is 1.12 bits per heavy atom. The first-order chi connectivity index (χ1) is 7.59. The van der Waals surface area contributed by atoms with Crippen LogP contribution in [-0.4, -0.2) is 22.2 Å². The molecule has 2 bridgehead atoms. The first-order valence-electron chi connectivity index (χ1n) is 5.77. The zero-order valence-corrected chi connectivity index (χ0v) is 8.85. The third-order valence-electron chi connectivity index (χ3n) is 4.54. The van der Waals surface area contributed by atoms with E-state index in [1.807, 2.05) is 0 Å². The van der Waals surface area contributed by atoms with Gasteiger partial charge in [0.1, 0.15) is 0 Å². The topological polar surface area (TPSA) is 74.6 Å². The minimum atomic E-state index is -0.734. The molecule has 4 atom stereocenters. The summed E-state index contributed by atoms with van der Waals surface area (Å²) in [4.78, 5) is 22.1. The molecule has 4 nitrogen and oxygen atoms in total. The monoisotopic (exact) mass is 222 g/mol. The number of carboxylic acid groups (broad SMARTS) is 2. The van der Waals surface area contributed by atoms with E-state index < -0.39 is 11.9 Å². The summed E-state index contributed by atoms with van der Waals surface area (Å²) in [5.41, 5.74) is 2.24. The van der Waals surface area contributed by atoms with Gasteiger partial charge in [-0.25, -0.2) is 0 Å². The van der Waals surface area contributed by atoms with E-state index in [0.29, 0.717) is 12.8 Å². The third-order valence-corrected chi connectivity index (χ3v) is 4.54. The minimum Gasteiger partial charge on any atom is -0.481 e. The molecular formula is C12H14O4. The van der Waals surface area contributed by atoms with Crippen LogP contribution < -0.4 is 0 Å². The van der Waals surface area contributed by atoms with Crippen molar-refractivity contribution < 1.29 is 19.8 Å². The predicted octanol–water partition coefficient (Wildman–Crippen LogP) is 1.52. The first-order valence-corrected chi connectivity index (χ1v) is 5.77. The molecule has 2 fully saturated rings. The summed E-state index contributed by atoms with van der Waals surface area (Å²) < 4.78 is 0. The summed E-state index contributed by atoms with van der Waals surface area (Å²) in [5.74, 6) is -1.57. The van der Waals surface area contributed by atoms with Gasteiger partial charge in [-0.15, -0.1) is 0 Å². The first kappa shape index (κ1) is 9.87. The van der Waals surface area contributed by atoms with Crippen LogP contribution in [0.15, 0.2) is 11.1 Å². The number of hydrogen-bond donors (Lipinski definition) is 2. The van der Waals surface area contributed by atoms with Gasteiger partial charge < -0.3 is 10.2 Å². The normalized spacial score (nSPS) is 40.2.